The van der Waals surface area contributed by atoms with E-state index in [1.807, 2.05) is 0 Å². The Labute approximate surface area is 122 Å². The number of piperazine rings is 2. The standard InChI is InChI=1S/C15H28N4O/c1-15(3-5-16-6-4-15)14(20)19-10-9-18-8-7-17(2)11-13(18)12-19/h13,16H,3-12H2,1-2H3/t13-/m0/s1. The van der Waals surface area contributed by atoms with Crippen LogP contribution in [-0.4, -0.2) is 86.1 Å². The van der Waals surface area contributed by atoms with Crippen LogP contribution in [0.4, 0.5) is 0 Å². The Balaban J connectivity index is 1.64. The van der Waals surface area contributed by atoms with Crippen molar-refractivity contribution in [1.82, 2.24) is 20.0 Å². The van der Waals surface area contributed by atoms with E-state index in [0.29, 0.717) is 11.9 Å². The summed E-state index contributed by atoms with van der Waals surface area (Å²) in [6.45, 7) is 10.4. The molecule has 0 saturated carbocycles. The van der Waals surface area contributed by atoms with E-state index in [2.05, 4.69) is 34.0 Å². The minimum atomic E-state index is -0.131. The topological polar surface area (TPSA) is 38.8 Å². The van der Waals surface area contributed by atoms with E-state index in [1.165, 1.54) is 0 Å². The lowest BCUT2D eigenvalue weighted by Gasteiger charge is -2.48. The second-order valence-electron chi connectivity index (χ2n) is 7.01. The van der Waals surface area contributed by atoms with E-state index < -0.39 is 0 Å². The highest BCUT2D eigenvalue weighted by molar-refractivity contribution is 5.82. The lowest BCUT2D eigenvalue weighted by molar-refractivity contribution is -0.146. The number of amides is 1. The van der Waals surface area contributed by atoms with Crippen molar-refractivity contribution in [2.75, 3.05) is 59.4 Å². The Hall–Kier alpha value is -0.650. The first-order chi connectivity index (χ1) is 9.58. The van der Waals surface area contributed by atoms with Gasteiger partial charge in [0.15, 0.2) is 0 Å². The lowest BCUT2D eigenvalue weighted by Crippen LogP contribution is -2.63. The average molecular weight is 280 g/mol. The molecule has 0 aliphatic carbocycles. The van der Waals surface area contributed by atoms with Crippen LogP contribution in [0.2, 0.25) is 0 Å². The Morgan fingerprint density at radius 2 is 1.80 bits per heavy atom. The minimum absolute atomic E-state index is 0.131. The first kappa shape index (κ1) is 14.3. The number of rotatable bonds is 1. The summed E-state index contributed by atoms with van der Waals surface area (Å²) in [7, 11) is 2.19. The van der Waals surface area contributed by atoms with E-state index in [9.17, 15) is 4.79 Å². The number of nitrogens with zero attached hydrogens (tertiary/aromatic N) is 3. The molecule has 0 bridgehead atoms. The molecule has 3 heterocycles. The van der Waals surface area contributed by atoms with Crippen LogP contribution in [0.1, 0.15) is 19.8 Å². The minimum Gasteiger partial charge on any atom is -0.339 e. The monoisotopic (exact) mass is 280 g/mol. The molecule has 3 rings (SSSR count). The van der Waals surface area contributed by atoms with Gasteiger partial charge in [-0.2, -0.15) is 0 Å². The molecule has 20 heavy (non-hydrogen) atoms. The number of fused-ring (bicyclic) bond motifs is 1. The summed E-state index contributed by atoms with van der Waals surface area (Å²) in [5.41, 5.74) is -0.131. The van der Waals surface area contributed by atoms with Crippen molar-refractivity contribution < 1.29 is 4.79 Å². The summed E-state index contributed by atoms with van der Waals surface area (Å²) in [5.74, 6) is 0.395. The molecule has 1 atom stereocenters. The van der Waals surface area contributed by atoms with Crippen LogP contribution in [-0.2, 0) is 4.79 Å². The van der Waals surface area contributed by atoms with Crippen LogP contribution in [0.25, 0.3) is 0 Å². The van der Waals surface area contributed by atoms with Gasteiger partial charge in [-0.15, -0.1) is 0 Å². The van der Waals surface area contributed by atoms with Gasteiger partial charge in [-0.05, 0) is 33.0 Å². The van der Waals surface area contributed by atoms with Crippen molar-refractivity contribution >= 4 is 5.91 Å². The molecule has 5 nitrogen and oxygen atoms in total. The van der Waals surface area contributed by atoms with Crippen molar-refractivity contribution in [2.24, 2.45) is 5.41 Å². The van der Waals surface area contributed by atoms with Gasteiger partial charge in [-0.25, -0.2) is 0 Å². The Morgan fingerprint density at radius 3 is 2.55 bits per heavy atom. The Kier molecular flexibility index (Phi) is 4.02. The molecule has 0 spiro atoms. The molecule has 0 unspecified atom stereocenters. The quantitative estimate of drug-likeness (QED) is 0.724. The number of carbonyl (C=O) groups is 1. The van der Waals surface area contributed by atoms with Crippen LogP contribution in [0.15, 0.2) is 0 Å². The summed E-state index contributed by atoms with van der Waals surface area (Å²) >= 11 is 0. The fourth-order valence-corrected chi connectivity index (χ4v) is 3.87. The first-order valence-corrected chi connectivity index (χ1v) is 8.01. The highest BCUT2D eigenvalue weighted by atomic mass is 16.2. The van der Waals surface area contributed by atoms with Gasteiger partial charge in [-0.3, -0.25) is 9.69 Å². The van der Waals surface area contributed by atoms with Gasteiger partial charge < -0.3 is 15.1 Å². The molecule has 1 N–H and O–H groups in total. The van der Waals surface area contributed by atoms with Gasteiger partial charge in [0.2, 0.25) is 5.91 Å². The Bertz CT molecular complexity index is 367. The van der Waals surface area contributed by atoms with Gasteiger partial charge in [0.1, 0.15) is 0 Å². The van der Waals surface area contributed by atoms with Crippen molar-refractivity contribution in [1.29, 1.82) is 0 Å². The number of hydrogen-bond acceptors (Lipinski definition) is 4. The van der Waals surface area contributed by atoms with Crippen molar-refractivity contribution in [3.63, 3.8) is 0 Å². The third-order valence-electron chi connectivity index (χ3n) is 5.41. The fraction of sp³-hybridized carbons (Fsp3) is 0.933. The van der Waals surface area contributed by atoms with Crippen LogP contribution in [0.3, 0.4) is 0 Å². The normalized spacial score (nSPS) is 31.9. The number of carbonyl (C=O) groups excluding carboxylic acids is 1. The average Bonchev–Trinajstić information content (AvgIpc) is 2.46. The van der Waals surface area contributed by atoms with Crippen molar-refractivity contribution in [2.45, 2.75) is 25.8 Å². The molecule has 3 aliphatic heterocycles. The molecule has 5 heteroatoms. The molecular weight excluding hydrogens is 252 g/mol. The zero-order chi connectivity index (χ0) is 14.2. The molecule has 0 aromatic rings. The van der Waals surface area contributed by atoms with Crippen LogP contribution in [0.5, 0.6) is 0 Å². The zero-order valence-corrected chi connectivity index (χ0v) is 12.9. The molecule has 0 aromatic carbocycles. The predicted molar refractivity (Wildman–Crippen MR) is 79.6 cm³/mol. The van der Waals surface area contributed by atoms with Gasteiger partial charge in [0.25, 0.3) is 0 Å². The van der Waals surface area contributed by atoms with Crippen molar-refractivity contribution in [3.05, 3.63) is 0 Å². The van der Waals surface area contributed by atoms with Gasteiger partial charge in [0, 0.05) is 50.7 Å². The lowest BCUT2D eigenvalue weighted by atomic mass is 9.79. The first-order valence-electron chi connectivity index (χ1n) is 8.01. The van der Waals surface area contributed by atoms with Crippen LogP contribution < -0.4 is 5.32 Å². The Morgan fingerprint density at radius 1 is 1.10 bits per heavy atom. The van der Waals surface area contributed by atoms with E-state index in [0.717, 1.165) is 65.2 Å². The number of nitrogens with one attached hydrogen (secondary N) is 1. The molecule has 0 aromatic heterocycles. The molecule has 3 aliphatic rings. The summed E-state index contributed by atoms with van der Waals surface area (Å²) in [4.78, 5) is 20.0. The van der Waals surface area contributed by atoms with Gasteiger partial charge >= 0.3 is 0 Å². The summed E-state index contributed by atoms with van der Waals surface area (Å²) in [6.07, 6.45) is 1.97. The smallest absolute Gasteiger partial charge is 0.228 e. The highest BCUT2D eigenvalue weighted by Crippen LogP contribution is 2.31. The molecule has 114 valence electrons. The number of piperidine rings is 1. The fourth-order valence-electron chi connectivity index (χ4n) is 3.87. The van der Waals surface area contributed by atoms with E-state index >= 15 is 0 Å². The van der Waals surface area contributed by atoms with Gasteiger partial charge in [-0.1, -0.05) is 6.92 Å². The summed E-state index contributed by atoms with van der Waals surface area (Å²) in [5, 5.41) is 3.36. The maximum absolute atomic E-state index is 12.9. The van der Waals surface area contributed by atoms with Crippen molar-refractivity contribution in [3.8, 4) is 0 Å². The summed E-state index contributed by atoms with van der Waals surface area (Å²) in [6, 6.07) is 0.539. The number of likely N-dealkylation sites (N-methyl/N-ethyl adjacent to an activating group) is 1. The largest absolute Gasteiger partial charge is 0.339 e. The third kappa shape index (κ3) is 2.71. The van der Waals surface area contributed by atoms with E-state index in [1.54, 1.807) is 0 Å². The zero-order valence-electron chi connectivity index (χ0n) is 12.9. The second-order valence-corrected chi connectivity index (χ2v) is 7.01. The molecule has 3 saturated heterocycles. The second kappa shape index (κ2) is 5.62. The maximum Gasteiger partial charge on any atom is 0.228 e. The predicted octanol–water partition coefficient (Wildman–Crippen LogP) is -0.166. The number of hydrogen-bond donors (Lipinski definition) is 1. The van der Waals surface area contributed by atoms with Crippen LogP contribution in [0, 0.1) is 5.41 Å². The van der Waals surface area contributed by atoms with E-state index in [-0.39, 0.29) is 5.41 Å². The SMILES string of the molecule is CN1CCN2CCN(C(=O)C3(C)CCNCC3)C[C@@H]2C1. The van der Waals surface area contributed by atoms with E-state index in [4.69, 9.17) is 0 Å². The molecule has 0 radical (unpaired) electrons. The molecular formula is C15H28N4O. The maximum atomic E-state index is 12.9. The molecule has 3 fully saturated rings. The van der Waals surface area contributed by atoms with Gasteiger partial charge in [0.05, 0.1) is 0 Å². The third-order valence-corrected chi connectivity index (χ3v) is 5.41. The summed E-state index contributed by atoms with van der Waals surface area (Å²) < 4.78 is 0. The molecule has 1 amide bonds. The highest BCUT2D eigenvalue weighted by Gasteiger charge is 2.41. The van der Waals surface area contributed by atoms with Crippen LogP contribution >= 0.6 is 0 Å².